The van der Waals surface area contributed by atoms with Crippen molar-refractivity contribution in [3.05, 3.63) is 36.1 Å². The minimum Gasteiger partial charge on any atom is -0.463 e. The number of rotatable bonds is 5. The second-order valence-electron chi connectivity index (χ2n) is 6.04. The molecule has 0 atom stereocenters. The molecule has 1 amide bonds. The first-order valence-corrected chi connectivity index (χ1v) is 8.32. The zero-order valence-electron chi connectivity index (χ0n) is 12.9. The van der Waals surface area contributed by atoms with E-state index < -0.39 is 0 Å². The Kier molecular flexibility index (Phi) is 5.11. The zero-order valence-corrected chi connectivity index (χ0v) is 12.9. The van der Waals surface area contributed by atoms with E-state index in [0.717, 1.165) is 17.5 Å². The molecule has 1 heterocycles. The van der Waals surface area contributed by atoms with Gasteiger partial charge < -0.3 is 15.1 Å². The third-order valence-corrected chi connectivity index (χ3v) is 4.42. The van der Waals surface area contributed by atoms with Gasteiger partial charge in [-0.1, -0.05) is 43.9 Å². The Balaban J connectivity index is 1.46. The van der Waals surface area contributed by atoms with Crippen molar-refractivity contribution in [2.45, 2.75) is 44.6 Å². The summed E-state index contributed by atoms with van der Waals surface area (Å²) in [5.41, 5.74) is 1.37. The van der Waals surface area contributed by atoms with Crippen molar-refractivity contribution < 1.29 is 9.21 Å². The van der Waals surface area contributed by atoms with E-state index in [1.165, 1.54) is 38.5 Å². The van der Waals surface area contributed by atoms with Gasteiger partial charge >= 0.3 is 0 Å². The quantitative estimate of drug-likeness (QED) is 0.656. The highest BCUT2D eigenvalue weighted by Gasteiger charge is 2.14. The summed E-state index contributed by atoms with van der Waals surface area (Å²) in [5, 5.41) is 7.40. The monoisotopic (exact) mass is 300 g/mol. The predicted molar refractivity (Wildman–Crippen MR) is 88.0 cm³/mol. The topological polar surface area (TPSA) is 54.3 Å². The molecule has 3 rings (SSSR count). The Labute approximate surface area is 131 Å². The largest absolute Gasteiger partial charge is 0.463 e. The fraction of sp³-hybridized carbons (Fsp3) is 0.500. The van der Waals surface area contributed by atoms with Crippen molar-refractivity contribution in [1.29, 1.82) is 0 Å². The van der Waals surface area contributed by atoms with Gasteiger partial charge in [0.25, 0.3) is 5.91 Å². The van der Waals surface area contributed by atoms with Gasteiger partial charge in [-0.3, -0.25) is 4.79 Å². The van der Waals surface area contributed by atoms with Crippen LogP contribution >= 0.6 is 0 Å². The number of carbonyl (C=O) groups excluding carboxylic acids is 1. The first-order valence-electron chi connectivity index (χ1n) is 8.32. The first kappa shape index (κ1) is 15.1. The van der Waals surface area contributed by atoms with Crippen molar-refractivity contribution in [1.82, 2.24) is 10.6 Å². The smallest absolute Gasteiger partial charge is 0.255 e. The van der Waals surface area contributed by atoms with Crippen molar-refractivity contribution in [2.24, 2.45) is 0 Å². The van der Waals surface area contributed by atoms with Gasteiger partial charge in [-0.2, -0.15) is 0 Å². The molecule has 0 saturated heterocycles. The van der Waals surface area contributed by atoms with E-state index in [1.807, 2.05) is 24.3 Å². The molecule has 1 saturated carbocycles. The molecular formula is C18H24N2O2. The number of para-hydroxylation sites is 1. The molecule has 0 bridgehead atoms. The average molecular weight is 300 g/mol. The van der Waals surface area contributed by atoms with E-state index in [2.05, 4.69) is 10.6 Å². The summed E-state index contributed by atoms with van der Waals surface area (Å²) in [6.07, 6.45) is 9.44. The lowest BCUT2D eigenvalue weighted by molar-refractivity contribution is 0.0954. The van der Waals surface area contributed by atoms with E-state index in [0.29, 0.717) is 18.2 Å². The highest BCUT2D eigenvalue weighted by Crippen LogP contribution is 2.20. The molecule has 2 aromatic rings. The summed E-state index contributed by atoms with van der Waals surface area (Å²) >= 11 is 0. The van der Waals surface area contributed by atoms with Crippen molar-refractivity contribution in [3.8, 4) is 0 Å². The van der Waals surface area contributed by atoms with E-state index in [4.69, 9.17) is 4.42 Å². The molecule has 0 unspecified atom stereocenters. The molecule has 1 aromatic heterocycles. The first-order chi connectivity index (χ1) is 10.8. The van der Waals surface area contributed by atoms with Gasteiger partial charge in [-0.25, -0.2) is 0 Å². The highest BCUT2D eigenvalue weighted by atomic mass is 16.3. The lowest BCUT2D eigenvalue weighted by Crippen LogP contribution is -2.36. The Morgan fingerprint density at radius 3 is 2.68 bits per heavy atom. The molecule has 0 radical (unpaired) electrons. The molecule has 0 aliphatic heterocycles. The average Bonchev–Trinajstić information content (AvgIpc) is 2.80. The van der Waals surface area contributed by atoms with Crippen LogP contribution in [-0.4, -0.2) is 25.0 Å². The number of amides is 1. The van der Waals surface area contributed by atoms with Gasteiger partial charge in [0.2, 0.25) is 0 Å². The van der Waals surface area contributed by atoms with Crippen LogP contribution in [0.3, 0.4) is 0 Å². The molecule has 4 heteroatoms. The van der Waals surface area contributed by atoms with E-state index in [9.17, 15) is 4.79 Å². The van der Waals surface area contributed by atoms with Crippen LogP contribution in [0.1, 0.15) is 48.9 Å². The standard InChI is InChI=1S/C18H24N2O2/c21-18(16-13-22-17-10-6-5-9-15(16)17)20-12-11-19-14-7-3-1-2-4-8-14/h5-6,9-10,13-14,19H,1-4,7-8,11-12H2,(H,20,21). The number of furan rings is 1. The second kappa shape index (κ2) is 7.45. The normalized spacial score (nSPS) is 16.5. The van der Waals surface area contributed by atoms with Crippen LogP contribution in [0.2, 0.25) is 0 Å². The molecule has 1 aliphatic rings. The van der Waals surface area contributed by atoms with Gasteiger partial charge in [-0.15, -0.1) is 0 Å². The van der Waals surface area contributed by atoms with Crippen molar-refractivity contribution >= 4 is 16.9 Å². The maximum atomic E-state index is 12.2. The number of benzene rings is 1. The summed E-state index contributed by atoms with van der Waals surface area (Å²) in [4.78, 5) is 12.2. The number of hydrogen-bond donors (Lipinski definition) is 2. The van der Waals surface area contributed by atoms with Gasteiger partial charge in [-0.05, 0) is 18.9 Å². The number of fused-ring (bicyclic) bond motifs is 1. The van der Waals surface area contributed by atoms with Crippen LogP contribution in [0.5, 0.6) is 0 Å². The molecule has 1 fully saturated rings. The lowest BCUT2D eigenvalue weighted by Gasteiger charge is -2.16. The van der Waals surface area contributed by atoms with Gasteiger partial charge in [0.15, 0.2) is 0 Å². The van der Waals surface area contributed by atoms with E-state index in [1.54, 1.807) is 6.26 Å². The molecule has 4 nitrogen and oxygen atoms in total. The highest BCUT2D eigenvalue weighted by molar-refractivity contribution is 6.05. The van der Waals surface area contributed by atoms with Crippen LogP contribution in [0.25, 0.3) is 11.0 Å². The summed E-state index contributed by atoms with van der Waals surface area (Å²) < 4.78 is 5.41. The van der Waals surface area contributed by atoms with Gasteiger partial charge in [0.1, 0.15) is 11.8 Å². The predicted octanol–water partition coefficient (Wildman–Crippen LogP) is 3.48. The van der Waals surface area contributed by atoms with Crippen LogP contribution in [0.4, 0.5) is 0 Å². The lowest BCUT2D eigenvalue weighted by atomic mass is 10.1. The number of nitrogens with one attached hydrogen (secondary N) is 2. The zero-order chi connectivity index (χ0) is 15.2. The Morgan fingerprint density at radius 1 is 1.09 bits per heavy atom. The SMILES string of the molecule is O=C(NCCNC1CCCCCC1)c1coc2ccccc12. The fourth-order valence-corrected chi connectivity index (χ4v) is 3.18. The molecule has 2 N–H and O–H groups in total. The number of carbonyl (C=O) groups is 1. The second-order valence-corrected chi connectivity index (χ2v) is 6.04. The van der Waals surface area contributed by atoms with Crippen molar-refractivity contribution in [3.63, 3.8) is 0 Å². The fourth-order valence-electron chi connectivity index (χ4n) is 3.18. The van der Waals surface area contributed by atoms with E-state index >= 15 is 0 Å². The van der Waals surface area contributed by atoms with Crippen LogP contribution in [0.15, 0.2) is 34.9 Å². The molecule has 22 heavy (non-hydrogen) atoms. The molecule has 118 valence electrons. The minimum absolute atomic E-state index is 0.0624. The molecule has 1 aliphatic carbocycles. The van der Waals surface area contributed by atoms with Crippen LogP contribution < -0.4 is 10.6 Å². The maximum absolute atomic E-state index is 12.2. The Hall–Kier alpha value is -1.81. The summed E-state index contributed by atoms with van der Waals surface area (Å²) in [6.45, 7) is 1.47. The molecule has 1 aromatic carbocycles. The Bertz CT molecular complexity index is 612. The van der Waals surface area contributed by atoms with Gasteiger partial charge in [0.05, 0.1) is 5.56 Å². The summed E-state index contributed by atoms with van der Waals surface area (Å²) in [7, 11) is 0. The Morgan fingerprint density at radius 2 is 1.86 bits per heavy atom. The van der Waals surface area contributed by atoms with E-state index in [-0.39, 0.29) is 5.91 Å². The van der Waals surface area contributed by atoms with Gasteiger partial charge in [0, 0.05) is 24.5 Å². The van der Waals surface area contributed by atoms with Crippen molar-refractivity contribution in [2.75, 3.05) is 13.1 Å². The third kappa shape index (κ3) is 3.69. The van der Waals surface area contributed by atoms with Crippen LogP contribution in [0, 0.1) is 0 Å². The minimum atomic E-state index is -0.0624. The summed E-state index contributed by atoms with van der Waals surface area (Å²) in [6, 6.07) is 8.23. The maximum Gasteiger partial charge on any atom is 0.255 e. The summed E-state index contributed by atoms with van der Waals surface area (Å²) in [5.74, 6) is -0.0624. The molecular weight excluding hydrogens is 276 g/mol. The third-order valence-electron chi connectivity index (χ3n) is 4.42. The van der Waals surface area contributed by atoms with Crippen LogP contribution in [-0.2, 0) is 0 Å². The molecule has 0 spiro atoms. The number of hydrogen-bond acceptors (Lipinski definition) is 3.